The second-order valence-electron chi connectivity index (χ2n) is 11.2. The zero-order valence-electron chi connectivity index (χ0n) is 24.1. The van der Waals surface area contributed by atoms with Gasteiger partial charge in [0.2, 0.25) is 0 Å². The highest BCUT2D eigenvalue weighted by atomic mass is 19.4. The van der Waals surface area contributed by atoms with E-state index in [0.717, 1.165) is 53.8 Å². The van der Waals surface area contributed by atoms with E-state index in [-0.39, 0.29) is 31.3 Å². The number of benzene rings is 2. The number of aromatic nitrogens is 1. The van der Waals surface area contributed by atoms with E-state index in [0.29, 0.717) is 18.3 Å². The first kappa shape index (κ1) is 30.9. The molecule has 2 heterocycles. The normalized spacial score (nSPS) is 16.3. The van der Waals surface area contributed by atoms with Crippen LogP contribution in [0.4, 0.5) is 32.2 Å². The Hall–Kier alpha value is -3.58. The third-order valence-corrected chi connectivity index (χ3v) is 8.02. The summed E-state index contributed by atoms with van der Waals surface area (Å²) in [6.07, 6.45) is -5.17. The second-order valence-corrected chi connectivity index (χ2v) is 11.2. The van der Waals surface area contributed by atoms with Crippen molar-refractivity contribution in [1.82, 2.24) is 26.0 Å². The van der Waals surface area contributed by atoms with Crippen molar-refractivity contribution in [3.8, 4) is 0 Å². The number of nitrogens with zero attached hydrogens (tertiary/aromatic N) is 5. The van der Waals surface area contributed by atoms with Crippen LogP contribution in [0.3, 0.4) is 0 Å². The summed E-state index contributed by atoms with van der Waals surface area (Å²) in [5.41, 5.74) is 4.32. The minimum absolute atomic E-state index is 0.0991. The van der Waals surface area contributed by atoms with Gasteiger partial charge in [-0.1, -0.05) is 31.0 Å². The maximum Gasteiger partial charge on any atom is 0.416 e. The Bertz CT molecular complexity index is 1420. The summed E-state index contributed by atoms with van der Waals surface area (Å²) in [5.74, 6) is 1.84. The molecule has 1 aromatic heterocycles. The van der Waals surface area contributed by atoms with Crippen LogP contribution in [0.15, 0.2) is 53.6 Å². The van der Waals surface area contributed by atoms with Crippen molar-refractivity contribution in [2.45, 2.75) is 58.0 Å². The maximum atomic E-state index is 13.7. The lowest BCUT2D eigenvalue weighted by Gasteiger charge is -2.30. The molecular formula is C30H35F6N7. The van der Waals surface area contributed by atoms with Crippen LogP contribution in [-0.2, 0) is 25.4 Å². The first-order chi connectivity index (χ1) is 20.4. The van der Waals surface area contributed by atoms with Gasteiger partial charge in [-0.25, -0.2) is 10.5 Å². The Morgan fingerprint density at radius 2 is 1.58 bits per heavy atom. The Kier molecular flexibility index (Phi) is 9.02. The summed E-state index contributed by atoms with van der Waals surface area (Å²) >= 11 is 0. The summed E-state index contributed by atoms with van der Waals surface area (Å²) in [4.78, 5) is 9.05. The fourth-order valence-corrected chi connectivity index (χ4v) is 5.83. The third-order valence-electron chi connectivity index (χ3n) is 8.02. The number of rotatable bonds is 10. The molecule has 0 spiro atoms. The van der Waals surface area contributed by atoms with Crippen LogP contribution in [0, 0.1) is 5.92 Å². The standard InChI is InChI=1S/C30H35F6N7/c1-3-43(17-20-8-4-5-9-20)28-23(14-22-10-6-7-11-26(22)37-28)18-42(19-27-38-39-40-41(27)2)16-21-12-24(29(31,32)33)15-25(13-21)30(34,35)36/h6-7,10-15,20,39-40H,3-5,8-9,16-19H2,1-2H3. The fourth-order valence-electron chi connectivity index (χ4n) is 5.83. The Morgan fingerprint density at radius 3 is 2.19 bits per heavy atom. The number of hydrogen-bond acceptors (Lipinski definition) is 7. The molecule has 2 aromatic carbocycles. The molecule has 0 unspecified atom stereocenters. The highest BCUT2D eigenvalue weighted by molar-refractivity contribution is 5.84. The second kappa shape index (κ2) is 12.6. The number of alkyl halides is 6. The monoisotopic (exact) mass is 607 g/mol. The summed E-state index contributed by atoms with van der Waals surface area (Å²) in [6, 6.07) is 11.5. The average Bonchev–Trinajstić information content (AvgIpc) is 3.62. The molecule has 0 atom stereocenters. The Balaban J connectivity index is 1.54. The summed E-state index contributed by atoms with van der Waals surface area (Å²) in [6.45, 7) is 3.80. The van der Waals surface area contributed by atoms with Gasteiger partial charge in [0, 0.05) is 44.2 Å². The van der Waals surface area contributed by atoms with E-state index in [2.05, 4.69) is 28.0 Å². The molecule has 2 N–H and O–H groups in total. The van der Waals surface area contributed by atoms with Crippen LogP contribution in [0.1, 0.15) is 54.9 Å². The number of hydrazone groups is 1. The molecule has 7 nitrogen and oxygen atoms in total. The van der Waals surface area contributed by atoms with Gasteiger partial charge < -0.3 is 4.90 Å². The molecule has 1 aliphatic heterocycles. The molecule has 1 saturated carbocycles. The van der Waals surface area contributed by atoms with Crippen molar-refractivity contribution in [2.75, 3.05) is 31.6 Å². The Labute approximate surface area is 246 Å². The average molecular weight is 608 g/mol. The van der Waals surface area contributed by atoms with Crippen LogP contribution < -0.4 is 16.0 Å². The molecule has 232 valence electrons. The first-order valence-corrected chi connectivity index (χ1v) is 14.4. The summed E-state index contributed by atoms with van der Waals surface area (Å²) < 4.78 is 81.9. The number of anilines is 1. The molecule has 0 saturated heterocycles. The number of fused-ring (bicyclic) bond motifs is 1. The number of hydrogen-bond donors (Lipinski definition) is 2. The smallest absolute Gasteiger partial charge is 0.356 e. The molecule has 1 fully saturated rings. The highest BCUT2D eigenvalue weighted by Gasteiger charge is 2.37. The number of halogens is 6. The van der Waals surface area contributed by atoms with E-state index in [9.17, 15) is 26.3 Å². The van der Waals surface area contributed by atoms with Crippen molar-refractivity contribution in [1.29, 1.82) is 0 Å². The molecule has 43 heavy (non-hydrogen) atoms. The number of hydrazine groups is 2. The SMILES string of the molecule is CCN(CC1CCCC1)c1nc2ccccc2cc1CN(CC1=NNNN1C)Cc1cc(C(F)(F)F)cc(C(F)(F)F)c1. The van der Waals surface area contributed by atoms with Gasteiger partial charge in [0.25, 0.3) is 0 Å². The minimum atomic E-state index is -4.93. The van der Waals surface area contributed by atoms with E-state index >= 15 is 0 Å². The van der Waals surface area contributed by atoms with Gasteiger partial charge in [-0.2, -0.15) is 26.3 Å². The largest absolute Gasteiger partial charge is 0.416 e. The van der Waals surface area contributed by atoms with E-state index in [4.69, 9.17) is 4.98 Å². The summed E-state index contributed by atoms with van der Waals surface area (Å²) in [7, 11) is 1.71. The quantitative estimate of drug-likeness (QED) is 0.255. The van der Waals surface area contributed by atoms with Gasteiger partial charge in [0.05, 0.1) is 23.2 Å². The predicted molar refractivity (Wildman–Crippen MR) is 154 cm³/mol. The van der Waals surface area contributed by atoms with Gasteiger partial charge in [-0.3, -0.25) is 9.91 Å². The lowest BCUT2D eigenvalue weighted by molar-refractivity contribution is -0.143. The van der Waals surface area contributed by atoms with Gasteiger partial charge in [-0.15, -0.1) is 10.6 Å². The van der Waals surface area contributed by atoms with Crippen LogP contribution in [0.25, 0.3) is 10.9 Å². The number of nitrogens with one attached hydrogen (secondary N) is 2. The van der Waals surface area contributed by atoms with Crippen molar-refractivity contribution in [3.63, 3.8) is 0 Å². The van der Waals surface area contributed by atoms with E-state index in [1.165, 1.54) is 12.8 Å². The van der Waals surface area contributed by atoms with Crippen molar-refractivity contribution in [2.24, 2.45) is 11.0 Å². The fraction of sp³-hybridized carbons (Fsp3) is 0.467. The molecule has 13 heteroatoms. The summed E-state index contributed by atoms with van der Waals surface area (Å²) in [5, 5.41) is 6.71. The molecule has 2 aliphatic rings. The number of pyridine rings is 1. The van der Waals surface area contributed by atoms with E-state index in [1.54, 1.807) is 17.0 Å². The van der Waals surface area contributed by atoms with Crippen LogP contribution in [0.5, 0.6) is 0 Å². The van der Waals surface area contributed by atoms with Gasteiger partial charge in [0.15, 0.2) is 5.84 Å². The number of likely N-dealkylation sites (N-methyl/N-ethyl adjacent to an activating group) is 1. The minimum Gasteiger partial charge on any atom is -0.356 e. The van der Waals surface area contributed by atoms with E-state index in [1.807, 2.05) is 30.3 Å². The third kappa shape index (κ3) is 7.50. The molecule has 5 rings (SSSR count). The zero-order valence-corrected chi connectivity index (χ0v) is 24.1. The number of amidine groups is 1. The van der Waals surface area contributed by atoms with Gasteiger partial charge >= 0.3 is 12.4 Å². The van der Waals surface area contributed by atoms with Gasteiger partial charge in [0.1, 0.15) is 5.82 Å². The molecular weight excluding hydrogens is 572 g/mol. The molecule has 3 aromatic rings. The van der Waals surface area contributed by atoms with Crippen molar-refractivity contribution < 1.29 is 26.3 Å². The van der Waals surface area contributed by atoms with Crippen LogP contribution in [0.2, 0.25) is 0 Å². The number of para-hydroxylation sites is 1. The maximum absolute atomic E-state index is 13.7. The van der Waals surface area contributed by atoms with Crippen LogP contribution in [-0.4, -0.2) is 47.4 Å². The topological polar surface area (TPSA) is 59.0 Å². The first-order valence-electron chi connectivity index (χ1n) is 14.4. The zero-order chi connectivity index (χ0) is 30.8. The predicted octanol–water partition coefficient (Wildman–Crippen LogP) is 6.56. The highest BCUT2D eigenvalue weighted by Crippen LogP contribution is 2.37. The molecule has 0 bridgehead atoms. The molecule has 0 radical (unpaired) electrons. The van der Waals surface area contributed by atoms with Crippen LogP contribution >= 0.6 is 0 Å². The lowest BCUT2D eigenvalue weighted by Crippen LogP contribution is -2.42. The molecule has 1 aliphatic carbocycles. The van der Waals surface area contributed by atoms with E-state index < -0.39 is 23.5 Å². The van der Waals surface area contributed by atoms with Crippen molar-refractivity contribution >= 4 is 22.6 Å². The Morgan fingerprint density at radius 1 is 0.907 bits per heavy atom. The lowest BCUT2D eigenvalue weighted by atomic mass is 10.0. The van der Waals surface area contributed by atoms with Gasteiger partial charge in [-0.05, 0) is 61.6 Å². The molecule has 0 amide bonds. The van der Waals surface area contributed by atoms with Crippen molar-refractivity contribution in [3.05, 3.63) is 70.8 Å².